The highest BCUT2D eigenvalue weighted by Crippen LogP contribution is 2.49. The average molecular weight is 756 g/mol. The van der Waals surface area contributed by atoms with E-state index in [4.69, 9.17) is 14.4 Å². The van der Waals surface area contributed by atoms with Gasteiger partial charge in [0.2, 0.25) is 0 Å². The van der Waals surface area contributed by atoms with Crippen LogP contribution in [0.5, 0.6) is 0 Å². The second kappa shape index (κ2) is 12.7. The lowest BCUT2D eigenvalue weighted by Crippen LogP contribution is -2.14. The first kappa shape index (κ1) is 33.6. The lowest BCUT2D eigenvalue weighted by Gasteiger charge is -2.22. The van der Waals surface area contributed by atoms with E-state index in [1.54, 1.807) is 0 Å². The van der Waals surface area contributed by atoms with Crippen molar-refractivity contribution in [1.82, 2.24) is 14.5 Å². The fourth-order valence-corrected chi connectivity index (χ4v) is 9.44. The minimum absolute atomic E-state index is 0.120. The molecule has 0 radical (unpaired) electrons. The normalized spacial score (nSPS) is 13.1. The van der Waals surface area contributed by atoms with Gasteiger partial charge in [-0.25, -0.2) is 9.97 Å². The minimum atomic E-state index is -0.120. The minimum Gasteiger partial charge on any atom is -0.456 e. The van der Waals surface area contributed by atoms with Crippen LogP contribution in [0.4, 0.5) is 0 Å². The molecule has 4 nitrogen and oxygen atoms in total. The third-order valence-electron chi connectivity index (χ3n) is 12.5. The van der Waals surface area contributed by atoms with E-state index in [0.29, 0.717) is 5.82 Å². The van der Waals surface area contributed by atoms with Gasteiger partial charge in [0.15, 0.2) is 5.82 Å². The maximum Gasteiger partial charge on any atom is 0.160 e. The Bertz CT molecular complexity index is 3410. The quantitative estimate of drug-likeness (QED) is 0.176. The van der Waals surface area contributed by atoms with Gasteiger partial charge in [0, 0.05) is 49.3 Å². The Morgan fingerprint density at radius 3 is 1.73 bits per heavy atom. The van der Waals surface area contributed by atoms with E-state index < -0.39 is 0 Å². The summed E-state index contributed by atoms with van der Waals surface area (Å²) in [6.45, 7) is 4.65. The second-order valence-electron chi connectivity index (χ2n) is 16.2. The van der Waals surface area contributed by atoms with Crippen LogP contribution in [0, 0.1) is 0 Å². The molecule has 3 aromatic heterocycles. The van der Waals surface area contributed by atoms with E-state index >= 15 is 0 Å². The number of hydrogen-bond donors (Lipinski definition) is 0. The van der Waals surface area contributed by atoms with Crippen molar-refractivity contribution in [3.05, 3.63) is 199 Å². The zero-order chi connectivity index (χ0) is 39.2. The van der Waals surface area contributed by atoms with Gasteiger partial charge in [-0.15, -0.1) is 0 Å². The summed E-state index contributed by atoms with van der Waals surface area (Å²) in [6, 6.07) is 67.1. The highest BCUT2D eigenvalue weighted by Gasteiger charge is 2.35. The number of furan rings is 1. The molecule has 0 saturated carbocycles. The van der Waals surface area contributed by atoms with Crippen molar-refractivity contribution in [2.75, 3.05) is 0 Å². The van der Waals surface area contributed by atoms with Gasteiger partial charge >= 0.3 is 0 Å². The standard InChI is InChI=1S/C55H37N3O/c1-55(2)46-15-7-3-11-40(46)41-29-25-38(32-47(41)55)49-33-48(35-21-19-34(20-22-35)37-26-30-53-45(31-37)44-14-6-10-18-52(44)59-53)56-54(57-49)36-23-27-39(28-24-36)58-50-16-8-4-12-42(50)43-13-5-9-17-51(43)58/h3-33H,1-2H3. The summed E-state index contributed by atoms with van der Waals surface area (Å²) in [5, 5.41) is 4.74. The third-order valence-corrected chi connectivity index (χ3v) is 12.5. The van der Waals surface area contributed by atoms with Gasteiger partial charge in [0.05, 0.1) is 22.4 Å². The van der Waals surface area contributed by atoms with E-state index in [-0.39, 0.29) is 5.41 Å². The van der Waals surface area contributed by atoms with Crippen LogP contribution in [0.1, 0.15) is 25.0 Å². The summed E-state index contributed by atoms with van der Waals surface area (Å²) in [6.07, 6.45) is 0. The molecular weight excluding hydrogens is 719 g/mol. The number of benzene rings is 8. The van der Waals surface area contributed by atoms with Gasteiger partial charge in [-0.2, -0.15) is 0 Å². The molecule has 0 N–H and O–H groups in total. The smallest absolute Gasteiger partial charge is 0.160 e. The number of fused-ring (bicyclic) bond motifs is 9. The number of rotatable bonds is 5. The highest BCUT2D eigenvalue weighted by molar-refractivity contribution is 6.09. The predicted molar refractivity (Wildman–Crippen MR) is 243 cm³/mol. The first-order valence-electron chi connectivity index (χ1n) is 20.2. The van der Waals surface area contributed by atoms with Crippen LogP contribution in [0.2, 0.25) is 0 Å². The summed E-state index contributed by atoms with van der Waals surface area (Å²) < 4.78 is 8.45. The van der Waals surface area contributed by atoms with E-state index in [1.165, 1.54) is 44.1 Å². The summed E-state index contributed by atoms with van der Waals surface area (Å²) in [5.41, 5.74) is 17.6. The molecule has 1 aliphatic carbocycles. The third kappa shape index (κ3) is 5.23. The average Bonchev–Trinajstić information content (AvgIpc) is 3.91. The summed E-state index contributed by atoms with van der Waals surface area (Å²) in [4.78, 5) is 10.6. The first-order chi connectivity index (χ1) is 29.0. The van der Waals surface area contributed by atoms with E-state index in [2.05, 4.69) is 194 Å². The molecule has 3 heterocycles. The molecule has 0 saturated heterocycles. The van der Waals surface area contributed by atoms with Crippen molar-refractivity contribution in [2.45, 2.75) is 19.3 Å². The summed E-state index contributed by atoms with van der Waals surface area (Å²) in [5.74, 6) is 0.690. The molecule has 0 amide bonds. The second-order valence-corrected chi connectivity index (χ2v) is 16.2. The summed E-state index contributed by atoms with van der Waals surface area (Å²) in [7, 11) is 0. The van der Waals surface area contributed by atoms with Crippen molar-refractivity contribution in [2.24, 2.45) is 0 Å². The molecule has 0 atom stereocenters. The van der Waals surface area contributed by atoms with E-state index in [0.717, 1.165) is 66.8 Å². The highest BCUT2D eigenvalue weighted by atomic mass is 16.3. The number of aromatic nitrogens is 3. The molecule has 8 aromatic carbocycles. The zero-order valence-electron chi connectivity index (χ0n) is 32.6. The molecule has 0 bridgehead atoms. The Kier molecular flexibility index (Phi) is 7.24. The van der Waals surface area contributed by atoms with Crippen molar-refractivity contribution in [3.8, 4) is 61.8 Å². The fourth-order valence-electron chi connectivity index (χ4n) is 9.44. The van der Waals surface area contributed by atoms with Gasteiger partial charge in [0.1, 0.15) is 11.2 Å². The molecule has 0 unspecified atom stereocenters. The topological polar surface area (TPSA) is 43.9 Å². The van der Waals surface area contributed by atoms with Crippen molar-refractivity contribution in [1.29, 1.82) is 0 Å². The monoisotopic (exact) mass is 755 g/mol. The number of hydrogen-bond acceptors (Lipinski definition) is 3. The van der Waals surface area contributed by atoms with Crippen LogP contribution in [-0.2, 0) is 5.41 Å². The van der Waals surface area contributed by atoms with Crippen molar-refractivity contribution < 1.29 is 4.42 Å². The maximum atomic E-state index is 6.11. The van der Waals surface area contributed by atoms with Crippen LogP contribution in [0.15, 0.2) is 192 Å². The lowest BCUT2D eigenvalue weighted by atomic mass is 9.82. The number of nitrogens with zero attached hydrogens (tertiary/aromatic N) is 3. The molecule has 59 heavy (non-hydrogen) atoms. The van der Waals surface area contributed by atoms with Gasteiger partial charge in [-0.05, 0) is 100 Å². The van der Waals surface area contributed by atoms with E-state index in [1.807, 2.05) is 12.1 Å². The van der Waals surface area contributed by atoms with Gasteiger partial charge in [0.25, 0.3) is 0 Å². The van der Waals surface area contributed by atoms with Crippen molar-refractivity contribution >= 4 is 43.7 Å². The molecule has 11 aromatic rings. The molecule has 12 rings (SSSR count). The zero-order valence-corrected chi connectivity index (χ0v) is 32.6. The molecule has 0 spiro atoms. The molecule has 1 aliphatic rings. The Morgan fingerprint density at radius 2 is 0.966 bits per heavy atom. The Hall–Kier alpha value is -7.56. The predicted octanol–water partition coefficient (Wildman–Crippen LogP) is 14.4. The molecular formula is C55H37N3O. The molecule has 0 aliphatic heterocycles. The Morgan fingerprint density at radius 1 is 0.407 bits per heavy atom. The largest absolute Gasteiger partial charge is 0.456 e. The number of para-hydroxylation sites is 3. The Labute approximate surface area is 341 Å². The van der Waals surface area contributed by atoms with Crippen LogP contribution < -0.4 is 0 Å². The fraction of sp³-hybridized carbons (Fsp3) is 0.0545. The van der Waals surface area contributed by atoms with Crippen LogP contribution in [0.25, 0.3) is 106 Å². The van der Waals surface area contributed by atoms with Crippen LogP contribution in [0.3, 0.4) is 0 Å². The molecule has 4 heteroatoms. The molecule has 278 valence electrons. The van der Waals surface area contributed by atoms with Crippen molar-refractivity contribution in [3.63, 3.8) is 0 Å². The SMILES string of the molecule is CC1(C)c2ccccc2-c2ccc(-c3cc(-c4ccc(-c5ccc6oc7ccccc7c6c5)cc4)nc(-c4ccc(-n5c6ccccc6c6ccccc65)cc4)n3)cc21. The Balaban J connectivity index is 0.970. The van der Waals surface area contributed by atoms with Gasteiger partial charge < -0.3 is 8.98 Å². The first-order valence-corrected chi connectivity index (χ1v) is 20.2. The van der Waals surface area contributed by atoms with E-state index in [9.17, 15) is 0 Å². The maximum absolute atomic E-state index is 6.11. The van der Waals surface area contributed by atoms with Crippen LogP contribution in [-0.4, -0.2) is 14.5 Å². The molecule has 0 fully saturated rings. The summed E-state index contributed by atoms with van der Waals surface area (Å²) >= 11 is 0. The van der Waals surface area contributed by atoms with Gasteiger partial charge in [-0.3, -0.25) is 0 Å². The van der Waals surface area contributed by atoms with Crippen LogP contribution >= 0.6 is 0 Å². The lowest BCUT2D eigenvalue weighted by molar-refractivity contribution is 0.660. The van der Waals surface area contributed by atoms with Gasteiger partial charge in [-0.1, -0.05) is 135 Å².